The summed E-state index contributed by atoms with van der Waals surface area (Å²) in [5.41, 5.74) is 12.9. The number of carbonyl (C=O) groups is 1. The number of methoxy groups -OCH3 is 1. The molecule has 0 aromatic heterocycles. The summed E-state index contributed by atoms with van der Waals surface area (Å²) in [4.78, 5) is 13.6. The average Bonchev–Trinajstić information content (AvgIpc) is 3.15. The fraction of sp³-hybridized carbons (Fsp3) is 0.462. The number of primary amides is 1. The van der Waals surface area contributed by atoms with Crippen molar-refractivity contribution >= 4 is 33.2 Å². The van der Waals surface area contributed by atoms with Crippen molar-refractivity contribution in [2.75, 3.05) is 30.9 Å². The molecule has 6 heteroatoms. The lowest BCUT2D eigenvalue weighted by Gasteiger charge is -2.26. The highest BCUT2D eigenvalue weighted by Gasteiger charge is 2.30. The lowest BCUT2D eigenvalue weighted by Crippen LogP contribution is -2.30. The predicted molar refractivity (Wildman–Crippen MR) is 79.3 cm³/mol. The molecular formula is C13H18BrN3O2. The van der Waals surface area contributed by atoms with E-state index in [2.05, 4.69) is 20.8 Å². The molecular weight excluding hydrogens is 310 g/mol. The monoisotopic (exact) mass is 327 g/mol. The number of hydrogen-bond acceptors (Lipinski definition) is 4. The van der Waals surface area contributed by atoms with Crippen molar-refractivity contribution in [2.45, 2.75) is 18.9 Å². The van der Waals surface area contributed by atoms with Crippen molar-refractivity contribution in [3.05, 3.63) is 22.2 Å². The van der Waals surface area contributed by atoms with Gasteiger partial charge in [0.25, 0.3) is 5.91 Å². The normalized spacial score (nSPS) is 14.4. The average molecular weight is 328 g/mol. The van der Waals surface area contributed by atoms with Crippen LogP contribution in [0.25, 0.3) is 0 Å². The SMILES string of the molecule is COCCN(c1cc(C(N)=O)c(N)cc1Br)C1CC1. The minimum absolute atomic E-state index is 0.362. The van der Waals surface area contributed by atoms with E-state index in [0.717, 1.165) is 29.5 Å². The van der Waals surface area contributed by atoms with Crippen LogP contribution in [0.15, 0.2) is 16.6 Å². The summed E-state index contributed by atoms with van der Waals surface area (Å²) in [5, 5.41) is 0. The van der Waals surface area contributed by atoms with Gasteiger partial charge in [-0.25, -0.2) is 0 Å². The van der Waals surface area contributed by atoms with Gasteiger partial charge in [0.2, 0.25) is 0 Å². The number of nitrogens with two attached hydrogens (primary N) is 2. The van der Waals surface area contributed by atoms with Crippen LogP contribution < -0.4 is 16.4 Å². The third-order valence-corrected chi connectivity index (χ3v) is 3.85. The van der Waals surface area contributed by atoms with Crippen LogP contribution in [-0.2, 0) is 4.74 Å². The number of nitrogen functional groups attached to an aromatic ring is 1. The quantitative estimate of drug-likeness (QED) is 0.780. The maximum absolute atomic E-state index is 11.4. The van der Waals surface area contributed by atoms with Crippen LogP contribution in [0, 0.1) is 0 Å². The third kappa shape index (κ3) is 3.19. The van der Waals surface area contributed by atoms with E-state index in [4.69, 9.17) is 16.2 Å². The summed E-state index contributed by atoms with van der Waals surface area (Å²) in [6, 6.07) is 4.00. The van der Waals surface area contributed by atoms with Gasteiger partial charge in [-0.3, -0.25) is 4.79 Å². The van der Waals surface area contributed by atoms with Crippen LogP contribution in [0.1, 0.15) is 23.2 Å². The summed E-state index contributed by atoms with van der Waals surface area (Å²) in [6.45, 7) is 1.42. The Morgan fingerprint density at radius 3 is 2.74 bits per heavy atom. The van der Waals surface area contributed by atoms with Crippen LogP contribution in [-0.4, -0.2) is 32.2 Å². The first-order valence-electron chi connectivity index (χ1n) is 6.19. The van der Waals surface area contributed by atoms with Gasteiger partial charge in [0.1, 0.15) is 0 Å². The summed E-state index contributed by atoms with van der Waals surface area (Å²) >= 11 is 3.50. The van der Waals surface area contributed by atoms with E-state index in [-0.39, 0.29) is 0 Å². The lowest BCUT2D eigenvalue weighted by atomic mass is 10.1. The molecule has 0 spiro atoms. The fourth-order valence-corrected chi connectivity index (χ4v) is 2.68. The molecule has 0 atom stereocenters. The highest BCUT2D eigenvalue weighted by molar-refractivity contribution is 9.10. The number of rotatable bonds is 6. The number of halogens is 1. The van der Waals surface area contributed by atoms with Crippen molar-refractivity contribution in [1.29, 1.82) is 0 Å². The van der Waals surface area contributed by atoms with E-state index in [0.29, 0.717) is 23.9 Å². The van der Waals surface area contributed by atoms with Crippen molar-refractivity contribution in [1.82, 2.24) is 0 Å². The maximum atomic E-state index is 11.4. The van der Waals surface area contributed by atoms with Gasteiger partial charge in [-0.15, -0.1) is 0 Å². The van der Waals surface area contributed by atoms with Crippen LogP contribution in [0.2, 0.25) is 0 Å². The van der Waals surface area contributed by atoms with E-state index in [1.54, 1.807) is 19.2 Å². The van der Waals surface area contributed by atoms with Gasteiger partial charge in [-0.05, 0) is 40.9 Å². The van der Waals surface area contributed by atoms with Gasteiger partial charge >= 0.3 is 0 Å². The molecule has 1 aliphatic carbocycles. The molecule has 5 nitrogen and oxygen atoms in total. The molecule has 1 fully saturated rings. The summed E-state index contributed by atoms with van der Waals surface area (Å²) < 4.78 is 6.01. The molecule has 2 rings (SSSR count). The number of hydrogen-bond donors (Lipinski definition) is 2. The molecule has 0 bridgehead atoms. The van der Waals surface area contributed by atoms with Crippen molar-refractivity contribution < 1.29 is 9.53 Å². The van der Waals surface area contributed by atoms with Gasteiger partial charge in [0.05, 0.1) is 17.9 Å². The summed E-state index contributed by atoms with van der Waals surface area (Å²) in [6.07, 6.45) is 2.32. The van der Waals surface area contributed by atoms with Crippen molar-refractivity contribution in [3.8, 4) is 0 Å². The van der Waals surface area contributed by atoms with Crippen molar-refractivity contribution in [2.24, 2.45) is 5.73 Å². The molecule has 1 aromatic rings. The third-order valence-electron chi connectivity index (χ3n) is 3.22. The topological polar surface area (TPSA) is 81.6 Å². The Hall–Kier alpha value is -1.27. The molecule has 0 heterocycles. The van der Waals surface area contributed by atoms with E-state index < -0.39 is 5.91 Å². The zero-order chi connectivity index (χ0) is 14.0. The second-order valence-electron chi connectivity index (χ2n) is 4.67. The van der Waals surface area contributed by atoms with Crippen LogP contribution in [0.5, 0.6) is 0 Å². The van der Waals surface area contributed by atoms with Gasteiger partial charge in [0.15, 0.2) is 0 Å². The Kier molecular flexibility index (Phi) is 4.31. The smallest absolute Gasteiger partial charge is 0.250 e. The molecule has 0 aliphatic heterocycles. The summed E-state index contributed by atoms with van der Waals surface area (Å²) in [7, 11) is 1.68. The Bertz CT molecular complexity index is 489. The Morgan fingerprint density at radius 1 is 1.53 bits per heavy atom. The minimum atomic E-state index is -0.506. The van der Waals surface area contributed by atoms with Gasteiger partial charge in [-0.1, -0.05) is 0 Å². The standard InChI is InChI=1S/C13H18BrN3O2/c1-19-5-4-17(8-2-3-8)12-6-9(13(16)18)11(15)7-10(12)14/h6-8H,2-5,15H2,1H3,(H2,16,18). The number of nitrogens with zero attached hydrogens (tertiary/aromatic N) is 1. The largest absolute Gasteiger partial charge is 0.398 e. The van der Waals surface area contributed by atoms with Gasteiger partial charge in [0, 0.05) is 29.9 Å². The molecule has 19 heavy (non-hydrogen) atoms. The number of anilines is 2. The zero-order valence-corrected chi connectivity index (χ0v) is 12.4. The molecule has 1 amide bonds. The number of ether oxygens (including phenoxy) is 1. The van der Waals surface area contributed by atoms with E-state index in [1.165, 1.54) is 0 Å². The fourth-order valence-electron chi connectivity index (χ4n) is 2.09. The second kappa shape index (κ2) is 5.79. The molecule has 1 saturated carbocycles. The van der Waals surface area contributed by atoms with Gasteiger partial charge in [-0.2, -0.15) is 0 Å². The zero-order valence-electron chi connectivity index (χ0n) is 10.9. The number of benzene rings is 1. The molecule has 1 aromatic carbocycles. The van der Waals surface area contributed by atoms with Crippen molar-refractivity contribution in [3.63, 3.8) is 0 Å². The highest BCUT2D eigenvalue weighted by Crippen LogP contribution is 2.37. The van der Waals surface area contributed by atoms with E-state index in [9.17, 15) is 4.79 Å². The Labute approximate surface area is 121 Å². The molecule has 0 radical (unpaired) electrons. The number of carbonyl (C=O) groups excluding carboxylic acids is 1. The molecule has 1 aliphatic rings. The van der Waals surface area contributed by atoms with E-state index >= 15 is 0 Å². The number of amides is 1. The Balaban J connectivity index is 2.35. The summed E-state index contributed by atoms with van der Waals surface area (Å²) in [5.74, 6) is -0.506. The Morgan fingerprint density at radius 2 is 2.21 bits per heavy atom. The van der Waals surface area contributed by atoms with Crippen LogP contribution in [0.4, 0.5) is 11.4 Å². The second-order valence-corrected chi connectivity index (χ2v) is 5.53. The molecule has 0 unspecified atom stereocenters. The highest BCUT2D eigenvalue weighted by atomic mass is 79.9. The molecule has 4 N–H and O–H groups in total. The van der Waals surface area contributed by atoms with Crippen LogP contribution >= 0.6 is 15.9 Å². The lowest BCUT2D eigenvalue weighted by molar-refractivity contribution is 0.100. The first kappa shape index (κ1) is 14.1. The molecule has 104 valence electrons. The first-order valence-corrected chi connectivity index (χ1v) is 6.98. The van der Waals surface area contributed by atoms with Crippen LogP contribution in [0.3, 0.4) is 0 Å². The first-order chi connectivity index (χ1) is 9.04. The maximum Gasteiger partial charge on any atom is 0.250 e. The molecule has 0 saturated heterocycles. The minimum Gasteiger partial charge on any atom is -0.398 e. The predicted octanol–water partition coefficient (Wildman–Crippen LogP) is 1.75. The van der Waals surface area contributed by atoms with Gasteiger partial charge < -0.3 is 21.1 Å². The van der Waals surface area contributed by atoms with E-state index in [1.807, 2.05) is 0 Å².